The first-order chi connectivity index (χ1) is 21.9. The van der Waals surface area contributed by atoms with Crippen molar-refractivity contribution >= 4 is 23.6 Å². The minimum Gasteiger partial charge on any atom is -0.377 e. The summed E-state index contributed by atoms with van der Waals surface area (Å²) >= 11 is 0. The van der Waals surface area contributed by atoms with Crippen LogP contribution in [0.2, 0.25) is 0 Å². The average molecular weight is 649 g/mol. The van der Waals surface area contributed by atoms with Gasteiger partial charge in [-0.3, -0.25) is 24.1 Å². The van der Waals surface area contributed by atoms with Crippen molar-refractivity contribution in [2.24, 2.45) is 17.3 Å². The molecule has 12 heteroatoms. The van der Waals surface area contributed by atoms with Gasteiger partial charge < -0.3 is 35.2 Å². The maximum Gasteiger partial charge on any atom is 0.246 e. The molecule has 262 valence electrons. The third kappa shape index (κ3) is 11.8. The summed E-state index contributed by atoms with van der Waals surface area (Å²) in [5.74, 6) is 0.355. The summed E-state index contributed by atoms with van der Waals surface area (Å²) < 4.78 is 11.2. The zero-order chi connectivity index (χ0) is 33.2. The molecule has 0 aliphatic carbocycles. The van der Waals surface area contributed by atoms with Crippen molar-refractivity contribution in [3.8, 4) is 0 Å². The molecule has 0 aromatic rings. The van der Waals surface area contributed by atoms with E-state index < -0.39 is 5.54 Å². The van der Waals surface area contributed by atoms with E-state index in [0.29, 0.717) is 77.0 Å². The van der Waals surface area contributed by atoms with E-state index in [-0.39, 0.29) is 54.6 Å². The van der Waals surface area contributed by atoms with Gasteiger partial charge in [-0.15, -0.1) is 0 Å². The van der Waals surface area contributed by atoms with Gasteiger partial charge in [0.25, 0.3) is 0 Å². The lowest BCUT2D eigenvalue weighted by molar-refractivity contribution is -0.136. The Morgan fingerprint density at radius 1 is 0.826 bits per heavy atom. The van der Waals surface area contributed by atoms with Crippen molar-refractivity contribution in [2.75, 3.05) is 85.8 Å². The molecule has 0 radical (unpaired) electrons. The van der Waals surface area contributed by atoms with Gasteiger partial charge in [0.05, 0.1) is 25.4 Å². The molecule has 46 heavy (non-hydrogen) atoms. The molecule has 0 aromatic heterocycles. The Morgan fingerprint density at radius 2 is 1.52 bits per heavy atom. The number of nitrogens with one attached hydrogen (secondary N) is 3. The lowest BCUT2D eigenvalue weighted by Crippen LogP contribution is -2.58. The second-order valence-corrected chi connectivity index (χ2v) is 15.3. The molecule has 0 bridgehead atoms. The number of hydrogen-bond donors (Lipinski definition) is 3. The van der Waals surface area contributed by atoms with E-state index in [2.05, 4.69) is 53.6 Å². The molecule has 4 saturated heterocycles. The first-order valence-corrected chi connectivity index (χ1v) is 17.6. The quantitative estimate of drug-likeness (QED) is 0.410. The maximum atomic E-state index is 13.4. The van der Waals surface area contributed by atoms with E-state index in [1.807, 2.05) is 4.90 Å². The molecule has 4 aliphatic heterocycles. The molecule has 12 nitrogen and oxygen atoms in total. The number of piperidine rings is 3. The normalized spacial score (nSPS) is 28.1. The molecule has 4 amide bonds. The van der Waals surface area contributed by atoms with Crippen molar-refractivity contribution in [1.82, 2.24) is 30.7 Å². The largest absolute Gasteiger partial charge is 0.377 e. The Kier molecular flexibility index (Phi) is 13.7. The van der Waals surface area contributed by atoms with E-state index in [1.54, 1.807) is 0 Å². The molecular formula is C34H60N6O6. The van der Waals surface area contributed by atoms with Gasteiger partial charge in [0, 0.05) is 58.0 Å². The van der Waals surface area contributed by atoms with Crippen LogP contribution in [0.4, 0.5) is 0 Å². The van der Waals surface area contributed by atoms with Gasteiger partial charge in [-0.1, -0.05) is 20.8 Å². The predicted octanol–water partition coefficient (Wildman–Crippen LogP) is 1.38. The molecule has 4 aliphatic rings. The lowest BCUT2D eigenvalue weighted by atomic mass is 9.80. The van der Waals surface area contributed by atoms with Crippen LogP contribution in [0.25, 0.3) is 0 Å². The average Bonchev–Trinajstić information content (AvgIpc) is 2.98. The van der Waals surface area contributed by atoms with Crippen LogP contribution >= 0.6 is 0 Å². The van der Waals surface area contributed by atoms with Crippen LogP contribution in [0.5, 0.6) is 0 Å². The van der Waals surface area contributed by atoms with E-state index in [4.69, 9.17) is 9.47 Å². The minimum atomic E-state index is -0.739. The number of rotatable bonds is 2. The highest BCUT2D eigenvalue weighted by molar-refractivity contribution is 5.82. The van der Waals surface area contributed by atoms with Crippen LogP contribution in [0.3, 0.4) is 0 Å². The van der Waals surface area contributed by atoms with Gasteiger partial charge in [0.2, 0.25) is 23.6 Å². The number of likely N-dealkylation sites (tertiary alicyclic amines) is 3. The Bertz CT molecular complexity index is 1020. The maximum absolute atomic E-state index is 13.4. The Hall–Kier alpha value is -2.28. The van der Waals surface area contributed by atoms with Gasteiger partial charge in [-0.05, 0) is 82.5 Å². The highest BCUT2D eigenvalue weighted by Crippen LogP contribution is 2.32. The van der Waals surface area contributed by atoms with Crippen LogP contribution in [-0.4, -0.2) is 136 Å². The monoisotopic (exact) mass is 648 g/mol. The molecule has 0 aromatic carbocycles. The molecule has 3 N–H and O–H groups in total. The van der Waals surface area contributed by atoms with Gasteiger partial charge >= 0.3 is 0 Å². The molecule has 4 fully saturated rings. The van der Waals surface area contributed by atoms with E-state index in [9.17, 15) is 19.2 Å². The number of nitrogens with zero attached hydrogens (tertiary/aromatic N) is 3. The molecule has 2 atom stereocenters. The molecule has 0 saturated carbocycles. The Morgan fingerprint density at radius 3 is 2.24 bits per heavy atom. The van der Waals surface area contributed by atoms with Crippen LogP contribution in [-0.2, 0) is 28.7 Å². The Balaban J connectivity index is 1.40. The predicted molar refractivity (Wildman–Crippen MR) is 176 cm³/mol. The van der Waals surface area contributed by atoms with Crippen molar-refractivity contribution in [3.63, 3.8) is 0 Å². The first kappa shape index (κ1) is 36.6. The minimum absolute atomic E-state index is 0.0481. The third-order valence-corrected chi connectivity index (χ3v) is 10.2. The number of ether oxygens (including phenoxy) is 2. The zero-order valence-electron chi connectivity index (χ0n) is 28.9. The van der Waals surface area contributed by atoms with E-state index in [0.717, 1.165) is 39.0 Å². The van der Waals surface area contributed by atoms with Gasteiger partial charge in [-0.2, -0.15) is 0 Å². The molecule has 1 spiro atoms. The molecule has 4 rings (SSSR count). The summed E-state index contributed by atoms with van der Waals surface area (Å²) in [7, 11) is 2.18. The summed E-state index contributed by atoms with van der Waals surface area (Å²) in [6.45, 7) is 13.1. The fourth-order valence-corrected chi connectivity index (χ4v) is 7.55. The smallest absolute Gasteiger partial charge is 0.246 e. The first-order valence-electron chi connectivity index (χ1n) is 17.6. The van der Waals surface area contributed by atoms with Crippen LogP contribution in [0.15, 0.2) is 0 Å². The summed E-state index contributed by atoms with van der Waals surface area (Å²) in [5, 5.41) is 9.29. The topological polar surface area (TPSA) is 133 Å². The second-order valence-electron chi connectivity index (χ2n) is 15.3. The van der Waals surface area contributed by atoms with Crippen LogP contribution in [0, 0.1) is 17.3 Å². The third-order valence-electron chi connectivity index (χ3n) is 10.2. The number of amides is 4. The van der Waals surface area contributed by atoms with Gasteiger partial charge in [0.1, 0.15) is 6.61 Å². The summed E-state index contributed by atoms with van der Waals surface area (Å²) in [6.07, 6.45) is 6.25. The van der Waals surface area contributed by atoms with Gasteiger partial charge in [-0.25, -0.2) is 0 Å². The lowest BCUT2D eigenvalue weighted by Gasteiger charge is -2.44. The van der Waals surface area contributed by atoms with Crippen molar-refractivity contribution < 1.29 is 28.7 Å². The van der Waals surface area contributed by atoms with E-state index >= 15 is 0 Å². The standard InChI is InChI=1S/C34H60N6O6/c1-33(2,3)23-32(44)39-16-9-34(10-17-39)22-30(42)35-11-5-27-24-40(28-7-13-38(4)14-8-28)15-6-26(27)21-29(41)36-12-18-45-19-20-46-25-31(43)37-34/h26-28H,5-25H2,1-4H3,(H,35,42)(H,36,41)(H,37,43)/t26-,27-/m0/s1. The van der Waals surface area contributed by atoms with E-state index in [1.165, 1.54) is 12.8 Å². The molecule has 4 heterocycles. The summed E-state index contributed by atoms with van der Waals surface area (Å²) in [5.41, 5.74) is -0.846. The fraction of sp³-hybridized carbons (Fsp3) is 0.882. The second kappa shape index (κ2) is 17.2. The van der Waals surface area contributed by atoms with Gasteiger partial charge in [0.15, 0.2) is 0 Å². The summed E-state index contributed by atoms with van der Waals surface area (Å²) in [6, 6.07) is 0.576. The number of carbonyl (C=O) groups is 4. The number of hydrogen-bond acceptors (Lipinski definition) is 8. The van der Waals surface area contributed by atoms with Crippen LogP contribution < -0.4 is 16.0 Å². The molecular weight excluding hydrogens is 588 g/mol. The van der Waals surface area contributed by atoms with Crippen molar-refractivity contribution in [3.05, 3.63) is 0 Å². The summed E-state index contributed by atoms with van der Waals surface area (Å²) in [4.78, 5) is 59.1. The zero-order valence-corrected chi connectivity index (χ0v) is 28.9. The Labute approximate surface area is 276 Å². The molecule has 0 unspecified atom stereocenters. The van der Waals surface area contributed by atoms with Crippen LogP contribution in [0.1, 0.15) is 78.6 Å². The highest BCUT2D eigenvalue weighted by Gasteiger charge is 2.40. The highest BCUT2D eigenvalue weighted by atomic mass is 16.5. The number of carbonyl (C=O) groups excluding carboxylic acids is 4. The SMILES string of the molecule is CN1CCC(N2CC[C@H]3CC(=O)NCCOCCOCC(=O)NC4(CCN(C(=O)CC(C)(C)C)CC4)CC(=O)NCC[C@H]3C2)CC1. The van der Waals surface area contributed by atoms with Crippen molar-refractivity contribution in [2.45, 2.75) is 90.1 Å². The van der Waals surface area contributed by atoms with Crippen molar-refractivity contribution in [1.29, 1.82) is 0 Å². The fourth-order valence-electron chi connectivity index (χ4n) is 7.55. The number of fused-ring (bicyclic) bond motifs is 1.